The topological polar surface area (TPSA) is 95.5 Å². The second-order valence-corrected chi connectivity index (χ2v) is 7.27. The van der Waals surface area contributed by atoms with Gasteiger partial charge in [-0.2, -0.15) is 10.2 Å². The minimum absolute atomic E-state index is 0.0361. The number of methoxy groups -OCH3 is 1. The van der Waals surface area contributed by atoms with E-state index in [9.17, 15) is 4.79 Å². The van der Waals surface area contributed by atoms with Gasteiger partial charge in [-0.25, -0.2) is 0 Å². The Morgan fingerprint density at radius 1 is 1.36 bits per heavy atom. The van der Waals surface area contributed by atoms with Crippen LogP contribution in [0.1, 0.15) is 52.4 Å². The lowest BCUT2D eigenvalue weighted by Gasteiger charge is -2.37. The predicted octanol–water partition coefficient (Wildman–Crippen LogP) is 1.96. The Kier molecular flexibility index (Phi) is 5.37. The van der Waals surface area contributed by atoms with Gasteiger partial charge < -0.3 is 14.2 Å². The van der Waals surface area contributed by atoms with E-state index in [1.165, 1.54) is 0 Å². The number of benzene rings is 1. The van der Waals surface area contributed by atoms with E-state index in [2.05, 4.69) is 21.1 Å². The van der Waals surface area contributed by atoms with Crippen molar-refractivity contribution in [1.29, 1.82) is 5.26 Å². The van der Waals surface area contributed by atoms with Gasteiger partial charge in [0.25, 0.3) is 5.91 Å². The number of nitrogens with zero attached hydrogens (tertiary/aromatic N) is 5. The molecule has 1 aromatic heterocycles. The zero-order chi connectivity index (χ0) is 19.5. The Balaban J connectivity index is 1.35. The number of carbonyl (C=O) groups excluding carboxylic acids is 1. The maximum Gasteiger partial charge on any atom is 0.253 e. The van der Waals surface area contributed by atoms with E-state index in [0.29, 0.717) is 42.5 Å². The largest absolute Gasteiger partial charge is 0.383 e. The van der Waals surface area contributed by atoms with Crippen LogP contribution in [0.15, 0.2) is 28.8 Å². The highest BCUT2D eigenvalue weighted by Crippen LogP contribution is 2.33. The Morgan fingerprint density at radius 3 is 2.86 bits per heavy atom. The van der Waals surface area contributed by atoms with Crippen molar-refractivity contribution >= 4 is 5.91 Å². The van der Waals surface area contributed by atoms with Crippen LogP contribution in [-0.4, -0.2) is 65.7 Å². The average Bonchev–Trinajstić information content (AvgIpc) is 3.34. The maximum absolute atomic E-state index is 12.5. The first-order valence-corrected chi connectivity index (χ1v) is 9.55. The van der Waals surface area contributed by atoms with Crippen LogP contribution >= 0.6 is 0 Å². The SMILES string of the molecule is COCCN1CCCC1c1nc(C2CN(C(=O)c3ccc(C#N)cc3)C2)no1. The lowest BCUT2D eigenvalue weighted by atomic mass is 9.98. The highest BCUT2D eigenvalue weighted by atomic mass is 16.5. The monoisotopic (exact) mass is 381 g/mol. The van der Waals surface area contributed by atoms with Crippen molar-refractivity contribution in [2.75, 3.05) is 39.9 Å². The molecule has 0 saturated carbocycles. The van der Waals surface area contributed by atoms with Crippen LogP contribution in [0.5, 0.6) is 0 Å². The molecule has 1 aromatic carbocycles. The molecule has 1 atom stereocenters. The maximum atomic E-state index is 12.5. The molecule has 2 saturated heterocycles. The minimum Gasteiger partial charge on any atom is -0.383 e. The molecule has 4 rings (SSSR count). The number of aromatic nitrogens is 2. The molecule has 2 fully saturated rings. The molecule has 0 radical (unpaired) electrons. The van der Waals surface area contributed by atoms with Gasteiger partial charge in [0, 0.05) is 32.3 Å². The summed E-state index contributed by atoms with van der Waals surface area (Å²) in [6, 6.07) is 8.92. The molecule has 2 aromatic rings. The summed E-state index contributed by atoms with van der Waals surface area (Å²) in [5, 5.41) is 13.0. The molecule has 1 unspecified atom stereocenters. The molecule has 2 aliphatic rings. The van der Waals surface area contributed by atoms with Crippen molar-refractivity contribution in [2.45, 2.75) is 24.8 Å². The van der Waals surface area contributed by atoms with Crippen molar-refractivity contribution in [3.8, 4) is 6.07 Å². The van der Waals surface area contributed by atoms with E-state index in [0.717, 1.165) is 25.9 Å². The number of amides is 1. The van der Waals surface area contributed by atoms with Crippen molar-refractivity contribution < 1.29 is 14.1 Å². The minimum atomic E-state index is -0.0361. The molecule has 28 heavy (non-hydrogen) atoms. The van der Waals surface area contributed by atoms with Gasteiger partial charge in [0.1, 0.15) is 0 Å². The number of carbonyl (C=O) groups is 1. The van der Waals surface area contributed by atoms with Gasteiger partial charge in [0.05, 0.1) is 30.2 Å². The summed E-state index contributed by atoms with van der Waals surface area (Å²) in [7, 11) is 1.71. The first-order chi connectivity index (χ1) is 13.7. The van der Waals surface area contributed by atoms with Gasteiger partial charge in [0.15, 0.2) is 5.82 Å². The van der Waals surface area contributed by atoms with Crippen LogP contribution in [0.3, 0.4) is 0 Å². The third kappa shape index (κ3) is 3.63. The summed E-state index contributed by atoms with van der Waals surface area (Å²) in [6.07, 6.45) is 2.13. The third-order valence-electron chi connectivity index (χ3n) is 5.48. The normalized spacial score (nSPS) is 20.1. The zero-order valence-electron chi connectivity index (χ0n) is 15.9. The lowest BCUT2D eigenvalue weighted by molar-refractivity contribution is 0.0592. The molecule has 2 aliphatic heterocycles. The fourth-order valence-electron chi connectivity index (χ4n) is 3.81. The highest BCUT2D eigenvalue weighted by Gasteiger charge is 2.37. The van der Waals surface area contributed by atoms with E-state index >= 15 is 0 Å². The molecule has 1 amide bonds. The molecular formula is C20H23N5O3. The summed E-state index contributed by atoms with van der Waals surface area (Å²) >= 11 is 0. The number of likely N-dealkylation sites (tertiary alicyclic amines) is 2. The predicted molar refractivity (Wildman–Crippen MR) is 99.5 cm³/mol. The molecule has 146 valence electrons. The number of rotatable bonds is 6. The molecule has 0 bridgehead atoms. The van der Waals surface area contributed by atoms with E-state index in [1.54, 1.807) is 36.3 Å². The highest BCUT2D eigenvalue weighted by molar-refractivity contribution is 5.95. The van der Waals surface area contributed by atoms with E-state index in [-0.39, 0.29) is 17.9 Å². The summed E-state index contributed by atoms with van der Waals surface area (Å²) in [5.41, 5.74) is 1.13. The van der Waals surface area contributed by atoms with Crippen molar-refractivity contribution in [2.24, 2.45) is 0 Å². The Labute approximate surface area is 163 Å². The molecule has 3 heterocycles. The Morgan fingerprint density at radius 2 is 2.14 bits per heavy atom. The average molecular weight is 381 g/mol. The number of hydrogen-bond donors (Lipinski definition) is 0. The zero-order valence-corrected chi connectivity index (χ0v) is 15.9. The van der Waals surface area contributed by atoms with Crippen LogP contribution in [0, 0.1) is 11.3 Å². The van der Waals surface area contributed by atoms with E-state index in [4.69, 9.17) is 14.5 Å². The number of nitriles is 1. The van der Waals surface area contributed by atoms with Crippen molar-refractivity contribution in [1.82, 2.24) is 19.9 Å². The van der Waals surface area contributed by atoms with Crippen LogP contribution in [0.25, 0.3) is 0 Å². The van der Waals surface area contributed by atoms with Crippen molar-refractivity contribution in [3.63, 3.8) is 0 Å². The van der Waals surface area contributed by atoms with Gasteiger partial charge in [-0.3, -0.25) is 9.69 Å². The molecule has 8 heteroatoms. The number of ether oxygens (including phenoxy) is 1. The molecular weight excluding hydrogens is 358 g/mol. The second kappa shape index (κ2) is 8.09. The van der Waals surface area contributed by atoms with Crippen molar-refractivity contribution in [3.05, 3.63) is 47.1 Å². The lowest BCUT2D eigenvalue weighted by Crippen LogP contribution is -2.48. The van der Waals surface area contributed by atoms with Gasteiger partial charge in [-0.1, -0.05) is 5.16 Å². The summed E-state index contributed by atoms with van der Waals surface area (Å²) in [4.78, 5) is 21.2. The smallest absolute Gasteiger partial charge is 0.253 e. The molecule has 0 aliphatic carbocycles. The first kappa shape index (κ1) is 18.6. The van der Waals surface area contributed by atoms with Gasteiger partial charge in [0.2, 0.25) is 5.89 Å². The molecule has 8 nitrogen and oxygen atoms in total. The number of hydrogen-bond acceptors (Lipinski definition) is 7. The fraction of sp³-hybridized carbons (Fsp3) is 0.500. The van der Waals surface area contributed by atoms with E-state index < -0.39 is 0 Å². The van der Waals surface area contributed by atoms with E-state index in [1.807, 2.05) is 0 Å². The van der Waals surface area contributed by atoms with Crippen LogP contribution in [-0.2, 0) is 4.74 Å². The molecule has 0 spiro atoms. The van der Waals surface area contributed by atoms with Crippen LogP contribution < -0.4 is 0 Å². The summed E-state index contributed by atoms with van der Waals surface area (Å²) in [6.45, 7) is 3.72. The third-order valence-corrected chi connectivity index (χ3v) is 5.48. The van der Waals surface area contributed by atoms with Crippen LogP contribution in [0.4, 0.5) is 0 Å². The first-order valence-electron chi connectivity index (χ1n) is 9.55. The second-order valence-electron chi connectivity index (χ2n) is 7.27. The Bertz CT molecular complexity index is 867. The summed E-state index contributed by atoms with van der Waals surface area (Å²) < 4.78 is 10.7. The quantitative estimate of drug-likeness (QED) is 0.755. The van der Waals surface area contributed by atoms with Gasteiger partial charge in [-0.05, 0) is 43.7 Å². The standard InChI is InChI=1S/C20H23N5O3/c1-27-10-9-24-8-2-3-17(24)19-22-18(23-28-19)16-12-25(13-16)20(26)15-6-4-14(11-21)5-7-15/h4-7,16-17H,2-3,8-10,12-13H2,1H3. The fourth-order valence-corrected chi connectivity index (χ4v) is 3.81. The van der Waals surface area contributed by atoms with Gasteiger partial charge in [-0.15, -0.1) is 0 Å². The van der Waals surface area contributed by atoms with Gasteiger partial charge >= 0.3 is 0 Å². The van der Waals surface area contributed by atoms with Crippen LogP contribution in [0.2, 0.25) is 0 Å². The molecule has 0 N–H and O–H groups in total. The Hall–Kier alpha value is -2.76. The summed E-state index contributed by atoms with van der Waals surface area (Å²) in [5.74, 6) is 1.41.